The van der Waals surface area contributed by atoms with E-state index in [0.29, 0.717) is 36.7 Å². The first-order valence-electron chi connectivity index (χ1n) is 10.4. The number of carboxylic acid groups (broad SMARTS) is 1. The second kappa shape index (κ2) is 6.55. The number of primary amides is 1. The maximum Gasteiger partial charge on any atom is 0.407 e. The number of nitrogens with zero attached hydrogens (tertiary/aromatic N) is 3. The first kappa shape index (κ1) is 18.6. The zero-order valence-electron chi connectivity index (χ0n) is 16.2. The van der Waals surface area contributed by atoms with Crippen LogP contribution in [-0.2, 0) is 0 Å². The quantitative estimate of drug-likeness (QED) is 0.595. The lowest BCUT2D eigenvalue weighted by atomic mass is 9.48. The molecule has 1 aliphatic heterocycles. The van der Waals surface area contributed by atoms with Crippen molar-refractivity contribution in [2.75, 3.05) is 11.9 Å². The first-order chi connectivity index (χ1) is 13.8. The molecule has 4 bridgehead atoms. The highest BCUT2D eigenvalue weighted by atomic mass is 16.4. The molecule has 2 heterocycles. The van der Waals surface area contributed by atoms with Crippen molar-refractivity contribution >= 4 is 17.9 Å². The average Bonchev–Trinajstić information content (AvgIpc) is 3.04. The van der Waals surface area contributed by atoms with Gasteiger partial charge in [0, 0.05) is 18.9 Å². The Morgan fingerprint density at radius 3 is 2.38 bits per heavy atom. The van der Waals surface area contributed by atoms with Crippen LogP contribution < -0.4 is 11.1 Å². The van der Waals surface area contributed by atoms with Crippen molar-refractivity contribution in [3.05, 3.63) is 18.0 Å². The van der Waals surface area contributed by atoms with E-state index in [4.69, 9.17) is 5.73 Å². The summed E-state index contributed by atoms with van der Waals surface area (Å²) >= 11 is 0. The third-order valence-electron chi connectivity index (χ3n) is 7.66. The summed E-state index contributed by atoms with van der Waals surface area (Å²) in [5.74, 6) is 1.33. The minimum Gasteiger partial charge on any atom is -0.465 e. The minimum absolute atomic E-state index is 0.0947. The van der Waals surface area contributed by atoms with Crippen LogP contribution in [0.2, 0.25) is 0 Å². The van der Waals surface area contributed by atoms with Crippen LogP contribution in [0.4, 0.5) is 10.7 Å². The Bertz CT molecular complexity index is 815. The number of likely N-dealkylation sites (tertiary alicyclic amines) is 1. The SMILES string of the molecule is NC(=O)c1cnc(NC2CCN(C(=O)O)[C@@H]2C2C3CC4C[C@H]2C[C@@](O)(C4)C3)nc1. The van der Waals surface area contributed by atoms with Gasteiger partial charge < -0.3 is 26.2 Å². The fourth-order valence-electron chi connectivity index (χ4n) is 6.95. The molecule has 156 valence electrons. The molecule has 9 heteroatoms. The highest BCUT2D eigenvalue weighted by Crippen LogP contribution is 2.60. The molecular weight excluding hydrogens is 374 g/mol. The van der Waals surface area contributed by atoms with Gasteiger partial charge in [-0.1, -0.05) is 0 Å². The number of aliphatic hydroxyl groups is 1. The maximum atomic E-state index is 12.0. The number of anilines is 1. The van der Waals surface area contributed by atoms with E-state index in [-0.39, 0.29) is 23.6 Å². The number of amides is 2. The molecule has 0 radical (unpaired) electrons. The molecule has 1 saturated heterocycles. The van der Waals surface area contributed by atoms with Crippen molar-refractivity contribution < 1.29 is 19.8 Å². The van der Waals surface area contributed by atoms with Gasteiger partial charge in [-0.25, -0.2) is 14.8 Å². The Morgan fingerprint density at radius 2 is 1.83 bits per heavy atom. The van der Waals surface area contributed by atoms with Gasteiger partial charge in [0.05, 0.1) is 23.2 Å². The van der Waals surface area contributed by atoms with Gasteiger partial charge in [0.1, 0.15) is 0 Å². The first-order valence-corrected chi connectivity index (χ1v) is 10.4. The van der Waals surface area contributed by atoms with E-state index in [1.54, 1.807) is 4.90 Å². The standard InChI is InChI=1S/C20H27N5O4/c21-17(26)13-8-22-18(23-9-13)24-14-1-2-25(19(27)28)16(14)15-11-3-10-4-12(15)7-20(29,5-10)6-11/h8-12,14-16,29H,1-7H2,(H2,21,26)(H,27,28)(H,22,23,24)/t10?,11-,12?,14?,15?,16-,20-/m0/s1. The number of carbonyl (C=O) groups excluding carboxylic acids is 1. The van der Waals surface area contributed by atoms with Gasteiger partial charge in [-0.05, 0) is 62.2 Å². The third-order valence-corrected chi connectivity index (χ3v) is 7.66. The van der Waals surface area contributed by atoms with Crippen molar-refractivity contribution in [2.45, 2.75) is 56.2 Å². The molecule has 4 saturated carbocycles. The van der Waals surface area contributed by atoms with Gasteiger partial charge in [0.2, 0.25) is 5.95 Å². The largest absolute Gasteiger partial charge is 0.465 e. The van der Waals surface area contributed by atoms with Crippen molar-refractivity contribution in [3.63, 3.8) is 0 Å². The van der Waals surface area contributed by atoms with Crippen LogP contribution in [0.3, 0.4) is 0 Å². The number of nitrogens with two attached hydrogens (primary N) is 1. The van der Waals surface area contributed by atoms with Gasteiger partial charge in [-0.3, -0.25) is 4.79 Å². The summed E-state index contributed by atoms with van der Waals surface area (Å²) in [6.45, 7) is 0.473. The van der Waals surface area contributed by atoms with E-state index in [1.165, 1.54) is 12.4 Å². The Hall–Kier alpha value is -2.42. The van der Waals surface area contributed by atoms with Crippen LogP contribution in [0.5, 0.6) is 0 Å². The second-order valence-corrected chi connectivity index (χ2v) is 9.44. The van der Waals surface area contributed by atoms with E-state index in [1.807, 2.05) is 0 Å². The van der Waals surface area contributed by atoms with Crippen molar-refractivity contribution in [1.82, 2.24) is 14.9 Å². The fraction of sp³-hybridized carbons (Fsp3) is 0.700. The number of carbonyl (C=O) groups is 2. The van der Waals surface area contributed by atoms with E-state index in [2.05, 4.69) is 15.3 Å². The fourth-order valence-corrected chi connectivity index (χ4v) is 6.95. The zero-order valence-corrected chi connectivity index (χ0v) is 16.2. The summed E-state index contributed by atoms with van der Waals surface area (Å²) in [4.78, 5) is 33.2. The molecule has 6 rings (SSSR count). The van der Waals surface area contributed by atoms with Crippen LogP contribution in [0.15, 0.2) is 12.4 Å². The smallest absolute Gasteiger partial charge is 0.407 e. The van der Waals surface area contributed by atoms with Gasteiger partial charge in [0.15, 0.2) is 0 Å². The van der Waals surface area contributed by atoms with E-state index in [9.17, 15) is 19.8 Å². The summed E-state index contributed by atoms with van der Waals surface area (Å²) in [7, 11) is 0. The predicted molar refractivity (Wildman–Crippen MR) is 103 cm³/mol. The Kier molecular flexibility index (Phi) is 4.20. The number of hydrogen-bond donors (Lipinski definition) is 4. The molecule has 1 aromatic heterocycles. The molecule has 2 amide bonds. The summed E-state index contributed by atoms with van der Waals surface area (Å²) in [5, 5.41) is 24.1. The molecular formula is C20H27N5O4. The maximum absolute atomic E-state index is 12.0. The number of hydrogen-bond acceptors (Lipinski definition) is 6. The number of rotatable bonds is 4. The predicted octanol–water partition coefficient (Wildman–Crippen LogP) is 1.30. The lowest BCUT2D eigenvalue weighted by Gasteiger charge is -2.60. The summed E-state index contributed by atoms with van der Waals surface area (Å²) in [6.07, 6.45) is 7.20. The molecule has 0 aromatic carbocycles. The monoisotopic (exact) mass is 401 g/mol. The topological polar surface area (TPSA) is 142 Å². The van der Waals surface area contributed by atoms with Gasteiger partial charge >= 0.3 is 6.09 Å². The van der Waals surface area contributed by atoms with E-state index in [0.717, 1.165) is 32.1 Å². The lowest BCUT2D eigenvalue weighted by Crippen LogP contribution is -2.61. The molecule has 9 nitrogen and oxygen atoms in total. The van der Waals surface area contributed by atoms with E-state index < -0.39 is 17.6 Å². The van der Waals surface area contributed by atoms with Crippen LogP contribution >= 0.6 is 0 Å². The van der Waals surface area contributed by atoms with Gasteiger partial charge in [0.25, 0.3) is 5.91 Å². The second-order valence-electron chi connectivity index (χ2n) is 9.44. The number of aromatic nitrogens is 2. The average molecular weight is 401 g/mol. The van der Waals surface area contributed by atoms with Crippen molar-refractivity contribution in [2.24, 2.45) is 29.4 Å². The summed E-state index contributed by atoms with van der Waals surface area (Å²) in [6, 6.07) is -0.256. The summed E-state index contributed by atoms with van der Waals surface area (Å²) in [5.41, 5.74) is 4.94. The molecule has 5 N–H and O–H groups in total. The van der Waals surface area contributed by atoms with Crippen LogP contribution in [0.1, 0.15) is 48.9 Å². The zero-order chi connectivity index (χ0) is 20.3. The molecule has 1 aromatic rings. The van der Waals surface area contributed by atoms with Gasteiger partial charge in [-0.15, -0.1) is 0 Å². The Morgan fingerprint density at radius 1 is 1.17 bits per heavy atom. The molecule has 29 heavy (non-hydrogen) atoms. The summed E-state index contributed by atoms with van der Waals surface area (Å²) < 4.78 is 0. The minimum atomic E-state index is -0.892. The highest BCUT2D eigenvalue weighted by Gasteiger charge is 2.59. The van der Waals surface area contributed by atoms with Crippen LogP contribution in [-0.4, -0.2) is 61.3 Å². The third kappa shape index (κ3) is 3.11. The van der Waals surface area contributed by atoms with Crippen molar-refractivity contribution in [1.29, 1.82) is 0 Å². The van der Waals surface area contributed by atoms with Crippen molar-refractivity contribution in [3.8, 4) is 0 Å². The molecule has 0 spiro atoms. The number of nitrogens with one attached hydrogen (secondary N) is 1. The molecule has 5 aliphatic rings. The molecule has 4 unspecified atom stereocenters. The molecule has 5 fully saturated rings. The lowest BCUT2D eigenvalue weighted by molar-refractivity contribution is -0.162. The Labute approximate surface area is 168 Å². The molecule has 7 atom stereocenters. The normalized spacial score (nSPS) is 40.2. The highest BCUT2D eigenvalue weighted by molar-refractivity contribution is 5.92. The van der Waals surface area contributed by atoms with Gasteiger partial charge in [-0.2, -0.15) is 0 Å². The molecule has 4 aliphatic carbocycles. The van der Waals surface area contributed by atoms with Crippen LogP contribution in [0.25, 0.3) is 0 Å². The Balaban J connectivity index is 1.40. The van der Waals surface area contributed by atoms with E-state index >= 15 is 0 Å². The van der Waals surface area contributed by atoms with Crippen LogP contribution in [0, 0.1) is 23.7 Å².